The molecule has 3 nitrogen and oxygen atoms in total. The molecule has 0 fully saturated rings. The van der Waals surface area contributed by atoms with Crippen molar-refractivity contribution in [3.8, 4) is 5.75 Å². The van der Waals surface area contributed by atoms with Crippen molar-refractivity contribution in [3.05, 3.63) is 28.2 Å². The average Bonchev–Trinajstić information content (AvgIpc) is 2.31. The van der Waals surface area contributed by atoms with E-state index in [2.05, 4.69) is 12.2 Å². The van der Waals surface area contributed by atoms with Gasteiger partial charge in [0.25, 0.3) is 0 Å². The standard InChI is InChI=1S/C13H19Cl2NO2/c1-3-6-16-8-13(2,17)9-18-10-4-5-11(14)12(15)7-10/h4-5,7,16-17H,3,6,8-9H2,1-2H3. The summed E-state index contributed by atoms with van der Waals surface area (Å²) in [4.78, 5) is 0. The number of ether oxygens (including phenoxy) is 1. The largest absolute Gasteiger partial charge is 0.490 e. The van der Waals surface area contributed by atoms with E-state index in [-0.39, 0.29) is 6.61 Å². The lowest BCUT2D eigenvalue weighted by Gasteiger charge is -2.24. The molecule has 0 aliphatic carbocycles. The van der Waals surface area contributed by atoms with E-state index in [4.69, 9.17) is 27.9 Å². The number of nitrogens with one attached hydrogen (secondary N) is 1. The fourth-order valence-electron chi connectivity index (χ4n) is 1.39. The van der Waals surface area contributed by atoms with Crippen molar-refractivity contribution >= 4 is 23.2 Å². The minimum absolute atomic E-state index is 0.196. The van der Waals surface area contributed by atoms with Crippen molar-refractivity contribution in [2.24, 2.45) is 0 Å². The van der Waals surface area contributed by atoms with Crippen LogP contribution >= 0.6 is 23.2 Å². The molecule has 0 aromatic heterocycles. The predicted molar refractivity (Wildman–Crippen MR) is 75.7 cm³/mol. The van der Waals surface area contributed by atoms with Crippen molar-refractivity contribution in [1.29, 1.82) is 0 Å². The van der Waals surface area contributed by atoms with E-state index in [9.17, 15) is 5.11 Å². The maximum Gasteiger partial charge on any atom is 0.121 e. The average molecular weight is 292 g/mol. The summed E-state index contributed by atoms with van der Waals surface area (Å²) in [5, 5.41) is 14.2. The Balaban J connectivity index is 2.45. The Bertz CT molecular complexity index is 383. The minimum atomic E-state index is -0.915. The molecule has 0 saturated heterocycles. The van der Waals surface area contributed by atoms with Gasteiger partial charge in [0, 0.05) is 12.6 Å². The van der Waals surface area contributed by atoms with Crippen molar-refractivity contribution in [2.45, 2.75) is 25.9 Å². The molecule has 0 saturated carbocycles. The second-order valence-electron chi connectivity index (χ2n) is 4.54. The molecular weight excluding hydrogens is 273 g/mol. The maximum absolute atomic E-state index is 10.1. The zero-order valence-electron chi connectivity index (χ0n) is 10.7. The molecule has 1 unspecified atom stereocenters. The Morgan fingerprint density at radius 2 is 2.06 bits per heavy atom. The summed E-state index contributed by atoms with van der Waals surface area (Å²) in [6, 6.07) is 5.03. The number of hydrogen-bond donors (Lipinski definition) is 2. The Hall–Kier alpha value is -0.480. The molecule has 1 rings (SSSR count). The topological polar surface area (TPSA) is 41.5 Å². The van der Waals surface area contributed by atoms with E-state index in [0.29, 0.717) is 22.3 Å². The van der Waals surface area contributed by atoms with Crippen LogP contribution in [0.3, 0.4) is 0 Å². The fraction of sp³-hybridized carbons (Fsp3) is 0.538. The molecular formula is C13H19Cl2NO2. The molecule has 18 heavy (non-hydrogen) atoms. The molecule has 0 amide bonds. The van der Waals surface area contributed by atoms with E-state index in [1.165, 1.54) is 0 Å². The SMILES string of the molecule is CCCNCC(C)(O)COc1ccc(Cl)c(Cl)c1. The van der Waals surface area contributed by atoms with E-state index in [0.717, 1.165) is 13.0 Å². The van der Waals surface area contributed by atoms with Crippen LogP contribution in [0.2, 0.25) is 10.0 Å². The first-order valence-electron chi connectivity index (χ1n) is 5.95. The summed E-state index contributed by atoms with van der Waals surface area (Å²) >= 11 is 11.7. The zero-order chi connectivity index (χ0) is 13.6. The van der Waals surface area contributed by atoms with Gasteiger partial charge in [-0.1, -0.05) is 30.1 Å². The summed E-state index contributed by atoms with van der Waals surface area (Å²) in [5.41, 5.74) is -0.915. The van der Waals surface area contributed by atoms with Crippen LogP contribution < -0.4 is 10.1 Å². The van der Waals surface area contributed by atoms with Crippen LogP contribution in [-0.4, -0.2) is 30.4 Å². The third-order valence-electron chi connectivity index (χ3n) is 2.37. The van der Waals surface area contributed by atoms with Gasteiger partial charge >= 0.3 is 0 Å². The highest BCUT2D eigenvalue weighted by atomic mass is 35.5. The van der Waals surface area contributed by atoms with Crippen molar-refractivity contribution in [2.75, 3.05) is 19.7 Å². The van der Waals surface area contributed by atoms with Crippen LogP contribution in [0.5, 0.6) is 5.75 Å². The van der Waals surface area contributed by atoms with Gasteiger partial charge < -0.3 is 15.2 Å². The molecule has 1 atom stereocenters. The lowest BCUT2D eigenvalue weighted by atomic mass is 10.1. The molecule has 1 aromatic carbocycles. The summed E-state index contributed by atoms with van der Waals surface area (Å²) in [5.74, 6) is 0.597. The number of aliphatic hydroxyl groups is 1. The first-order valence-corrected chi connectivity index (χ1v) is 6.71. The summed E-state index contributed by atoms with van der Waals surface area (Å²) in [6.45, 7) is 5.37. The summed E-state index contributed by atoms with van der Waals surface area (Å²) in [6.07, 6.45) is 1.03. The maximum atomic E-state index is 10.1. The van der Waals surface area contributed by atoms with Crippen LogP contribution in [-0.2, 0) is 0 Å². The van der Waals surface area contributed by atoms with Gasteiger partial charge in [-0.05, 0) is 32.0 Å². The second-order valence-corrected chi connectivity index (χ2v) is 5.35. The highest BCUT2D eigenvalue weighted by molar-refractivity contribution is 6.42. The van der Waals surface area contributed by atoms with Crippen LogP contribution in [0.1, 0.15) is 20.3 Å². The van der Waals surface area contributed by atoms with Crippen LogP contribution in [0.25, 0.3) is 0 Å². The molecule has 0 aliphatic rings. The Labute approximate surface area is 118 Å². The minimum Gasteiger partial charge on any atom is -0.490 e. The molecule has 1 aromatic rings. The van der Waals surface area contributed by atoms with Gasteiger partial charge in [0.15, 0.2) is 0 Å². The smallest absolute Gasteiger partial charge is 0.121 e. The molecule has 102 valence electrons. The van der Waals surface area contributed by atoms with Crippen LogP contribution in [0, 0.1) is 0 Å². The molecule has 5 heteroatoms. The van der Waals surface area contributed by atoms with Gasteiger partial charge in [0.2, 0.25) is 0 Å². The first kappa shape index (κ1) is 15.6. The first-order chi connectivity index (χ1) is 8.44. The van der Waals surface area contributed by atoms with E-state index < -0.39 is 5.60 Å². The lowest BCUT2D eigenvalue weighted by Crippen LogP contribution is -2.43. The molecule has 0 radical (unpaired) electrons. The van der Waals surface area contributed by atoms with Gasteiger partial charge in [-0.2, -0.15) is 0 Å². The number of halogens is 2. The monoisotopic (exact) mass is 291 g/mol. The van der Waals surface area contributed by atoms with Crippen LogP contribution in [0.4, 0.5) is 0 Å². The Morgan fingerprint density at radius 1 is 1.33 bits per heavy atom. The van der Waals surface area contributed by atoms with Gasteiger partial charge in [-0.25, -0.2) is 0 Å². The molecule has 0 aliphatic heterocycles. The van der Waals surface area contributed by atoms with E-state index in [1.54, 1.807) is 25.1 Å². The summed E-state index contributed by atoms with van der Waals surface area (Å²) < 4.78 is 5.50. The number of hydrogen-bond acceptors (Lipinski definition) is 3. The quantitative estimate of drug-likeness (QED) is 0.759. The molecule has 0 spiro atoms. The van der Waals surface area contributed by atoms with Crippen molar-refractivity contribution < 1.29 is 9.84 Å². The van der Waals surface area contributed by atoms with Crippen molar-refractivity contribution in [1.82, 2.24) is 5.32 Å². The number of benzene rings is 1. The van der Waals surface area contributed by atoms with Gasteiger partial charge in [0.1, 0.15) is 18.0 Å². The van der Waals surface area contributed by atoms with Gasteiger partial charge in [-0.3, -0.25) is 0 Å². The normalized spacial score (nSPS) is 14.3. The van der Waals surface area contributed by atoms with E-state index in [1.807, 2.05) is 0 Å². The lowest BCUT2D eigenvalue weighted by molar-refractivity contribution is 0.0125. The third-order valence-corrected chi connectivity index (χ3v) is 3.11. The highest BCUT2D eigenvalue weighted by Gasteiger charge is 2.20. The molecule has 0 bridgehead atoms. The van der Waals surface area contributed by atoms with Crippen molar-refractivity contribution in [3.63, 3.8) is 0 Å². The number of rotatable bonds is 7. The second kappa shape index (κ2) is 7.19. The van der Waals surface area contributed by atoms with Gasteiger partial charge in [-0.15, -0.1) is 0 Å². The molecule has 0 heterocycles. The fourth-order valence-corrected chi connectivity index (χ4v) is 1.68. The van der Waals surface area contributed by atoms with E-state index >= 15 is 0 Å². The summed E-state index contributed by atoms with van der Waals surface area (Å²) in [7, 11) is 0. The highest BCUT2D eigenvalue weighted by Crippen LogP contribution is 2.26. The Morgan fingerprint density at radius 3 is 2.67 bits per heavy atom. The molecule has 2 N–H and O–H groups in total. The van der Waals surface area contributed by atoms with Gasteiger partial charge in [0.05, 0.1) is 10.0 Å². The van der Waals surface area contributed by atoms with Crippen LogP contribution in [0.15, 0.2) is 18.2 Å². The predicted octanol–water partition coefficient (Wildman–Crippen LogP) is 3.12. The zero-order valence-corrected chi connectivity index (χ0v) is 12.2. The third kappa shape index (κ3) is 5.44. The Kier molecular flexibility index (Phi) is 6.22.